The van der Waals surface area contributed by atoms with Gasteiger partial charge in [-0.1, -0.05) is 12.2 Å². The minimum absolute atomic E-state index is 0.0246. The van der Waals surface area contributed by atoms with Gasteiger partial charge < -0.3 is 14.9 Å². The van der Waals surface area contributed by atoms with Crippen molar-refractivity contribution in [3.8, 4) is 0 Å². The molecule has 0 saturated heterocycles. The van der Waals surface area contributed by atoms with Crippen LogP contribution in [-0.2, 0) is 9.53 Å². The predicted molar refractivity (Wildman–Crippen MR) is 75.9 cm³/mol. The molecule has 2 N–H and O–H groups in total. The highest BCUT2D eigenvalue weighted by molar-refractivity contribution is 5.82. The van der Waals surface area contributed by atoms with Crippen molar-refractivity contribution < 1.29 is 19.7 Å². The number of hydrogen-bond acceptors (Lipinski definition) is 4. The average Bonchev–Trinajstić information content (AvgIpc) is 2.76. The van der Waals surface area contributed by atoms with Gasteiger partial charge in [0.15, 0.2) is 0 Å². The van der Waals surface area contributed by atoms with E-state index in [1.165, 1.54) is 12.2 Å². The van der Waals surface area contributed by atoms with Crippen LogP contribution in [0.3, 0.4) is 0 Å². The smallest absolute Gasteiger partial charge is 0.330 e. The van der Waals surface area contributed by atoms with E-state index in [4.69, 9.17) is 4.74 Å². The predicted octanol–water partition coefficient (Wildman–Crippen LogP) is 1.96. The van der Waals surface area contributed by atoms with Gasteiger partial charge in [-0.3, -0.25) is 0 Å². The van der Waals surface area contributed by atoms with E-state index in [-0.39, 0.29) is 24.0 Å². The minimum Gasteiger partial charge on any atom is -0.460 e. The molecule has 112 valence electrons. The van der Waals surface area contributed by atoms with Gasteiger partial charge in [-0.25, -0.2) is 4.79 Å². The fourth-order valence-corrected chi connectivity index (χ4v) is 3.10. The van der Waals surface area contributed by atoms with Gasteiger partial charge in [-0.2, -0.15) is 0 Å². The molecule has 5 atom stereocenters. The maximum Gasteiger partial charge on any atom is 0.330 e. The molecule has 5 unspecified atom stereocenters. The van der Waals surface area contributed by atoms with Crippen LogP contribution in [0.4, 0.5) is 0 Å². The van der Waals surface area contributed by atoms with E-state index >= 15 is 0 Å². The topological polar surface area (TPSA) is 66.8 Å². The number of aliphatic hydroxyl groups excluding tert-OH is 2. The summed E-state index contributed by atoms with van der Waals surface area (Å²) in [4.78, 5) is 11.6. The molecule has 0 aromatic rings. The highest BCUT2D eigenvalue weighted by atomic mass is 16.5. The first-order valence-electron chi connectivity index (χ1n) is 7.48. The van der Waals surface area contributed by atoms with Gasteiger partial charge in [0, 0.05) is 6.08 Å². The van der Waals surface area contributed by atoms with Gasteiger partial charge in [0.1, 0.15) is 0 Å². The SMILES string of the molecule is CC1CCC/C=C/C2CC(O)CC2C(O)/C=C/C(=O)O1. The second kappa shape index (κ2) is 7.04. The van der Waals surface area contributed by atoms with E-state index in [9.17, 15) is 15.0 Å². The third-order valence-corrected chi connectivity index (χ3v) is 4.19. The van der Waals surface area contributed by atoms with Gasteiger partial charge in [-0.05, 0) is 56.9 Å². The summed E-state index contributed by atoms with van der Waals surface area (Å²) in [6, 6.07) is 0. The van der Waals surface area contributed by atoms with Crippen molar-refractivity contribution in [2.75, 3.05) is 0 Å². The Hall–Kier alpha value is -1.13. The lowest BCUT2D eigenvalue weighted by Crippen LogP contribution is -2.21. The van der Waals surface area contributed by atoms with Gasteiger partial charge in [0.25, 0.3) is 0 Å². The Kier molecular flexibility index (Phi) is 5.38. The number of ether oxygens (including phenoxy) is 1. The van der Waals surface area contributed by atoms with E-state index < -0.39 is 12.1 Å². The number of esters is 1. The molecule has 1 fully saturated rings. The molecular formula is C16H24O4. The molecule has 0 radical (unpaired) electrons. The number of allylic oxidation sites excluding steroid dienone is 2. The van der Waals surface area contributed by atoms with Crippen molar-refractivity contribution in [1.82, 2.24) is 0 Å². The number of rotatable bonds is 0. The highest BCUT2D eigenvalue weighted by Gasteiger charge is 2.35. The Balaban J connectivity index is 2.11. The summed E-state index contributed by atoms with van der Waals surface area (Å²) in [6.45, 7) is 1.89. The van der Waals surface area contributed by atoms with Crippen LogP contribution in [0.15, 0.2) is 24.3 Å². The number of aliphatic hydroxyl groups is 2. The molecule has 4 heteroatoms. The lowest BCUT2D eigenvalue weighted by Gasteiger charge is -2.19. The Morgan fingerprint density at radius 2 is 2.05 bits per heavy atom. The lowest BCUT2D eigenvalue weighted by atomic mass is 9.90. The van der Waals surface area contributed by atoms with E-state index in [0.29, 0.717) is 12.8 Å². The van der Waals surface area contributed by atoms with Crippen molar-refractivity contribution in [1.29, 1.82) is 0 Å². The first-order valence-corrected chi connectivity index (χ1v) is 7.48. The first-order chi connectivity index (χ1) is 9.56. The summed E-state index contributed by atoms with van der Waals surface area (Å²) in [5, 5.41) is 20.0. The Labute approximate surface area is 120 Å². The quantitative estimate of drug-likeness (QED) is 0.526. The van der Waals surface area contributed by atoms with Crippen LogP contribution in [-0.4, -0.2) is 34.5 Å². The molecule has 1 aliphatic carbocycles. The van der Waals surface area contributed by atoms with Gasteiger partial charge >= 0.3 is 5.97 Å². The molecular weight excluding hydrogens is 256 g/mol. The second-order valence-corrected chi connectivity index (χ2v) is 5.91. The van der Waals surface area contributed by atoms with E-state index in [2.05, 4.69) is 12.2 Å². The first kappa shape index (κ1) is 15.3. The van der Waals surface area contributed by atoms with Crippen LogP contribution >= 0.6 is 0 Å². The van der Waals surface area contributed by atoms with Crippen molar-refractivity contribution in [2.45, 2.75) is 57.3 Å². The standard InChI is InChI=1S/C16H24O4/c1-11-5-3-2-4-6-12-9-13(17)10-14(12)15(18)7-8-16(19)20-11/h4,6-8,11-15,17-18H,2-3,5,9-10H2,1H3/b6-4+,8-7+. The fraction of sp³-hybridized carbons (Fsp3) is 0.688. The van der Waals surface area contributed by atoms with Crippen molar-refractivity contribution >= 4 is 5.97 Å². The number of carbonyl (C=O) groups excluding carboxylic acids is 1. The van der Waals surface area contributed by atoms with E-state index in [1.807, 2.05) is 6.92 Å². The minimum atomic E-state index is -0.717. The van der Waals surface area contributed by atoms with Crippen molar-refractivity contribution in [3.63, 3.8) is 0 Å². The number of carbonyl (C=O) groups is 1. The van der Waals surface area contributed by atoms with Crippen LogP contribution < -0.4 is 0 Å². The molecule has 0 amide bonds. The van der Waals surface area contributed by atoms with Gasteiger partial charge in [-0.15, -0.1) is 0 Å². The zero-order chi connectivity index (χ0) is 14.5. The fourth-order valence-electron chi connectivity index (χ4n) is 3.10. The van der Waals surface area contributed by atoms with Gasteiger partial charge in [0.2, 0.25) is 0 Å². The third kappa shape index (κ3) is 4.18. The molecule has 0 aromatic carbocycles. The van der Waals surface area contributed by atoms with Gasteiger partial charge in [0.05, 0.1) is 18.3 Å². The maximum absolute atomic E-state index is 11.6. The zero-order valence-electron chi connectivity index (χ0n) is 11.9. The molecule has 0 aromatic heterocycles. The molecule has 1 aliphatic heterocycles. The molecule has 2 aliphatic rings. The van der Waals surface area contributed by atoms with Crippen LogP contribution in [0.5, 0.6) is 0 Å². The number of hydrogen-bond donors (Lipinski definition) is 2. The summed E-state index contributed by atoms with van der Waals surface area (Å²) in [5.74, 6) is -0.249. The number of cyclic esters (lactones) is 1. The molecule has 1 heterocycles. The Morgan fingerprint density at radius 3 is 2.85 bits per heavy atom. The van der Waals surface area contributed by atoms with Crippen LogP contribution in [0.1, 0.15) is 39.0 Å². The van der Waals surface area contributed by atoms with Crippen LogP contribution in [0.25, 0.3) is 0 Å². The average molecular weight is 280 g/mol. The van der Waals surface area contributed by atoms with Crippen molar-refractivity contribution in [2.24, 2.45) is 11.8 Å². The molecule has 1 saturated carbocycles. The molecule has 20 heavy (non-hydrogen) atoms. The summed E-state index contributed by atoms with van der Waals surface area (Å²) in [5.41, 5.74) is 0. The Bertz CT molecular complexity index is 388. The van der Waals surface area contributed by atoms with E-state index in [1.54, 1.807) is 0 Å². The Morgan fingerprint density at radius 1 is 1.25 bits per heavy atom. The lowest BCUT2D eigenvalue weighted by molar-refractivity contribution is -0.142. The monoisotopic (exact) mass is 280 g/mol. The summed E-state index contributed by atoms with van der Waals surface area (Å²) < 4.78 is 5.23. The molecule has 4 nitrogen and oxygen atoms in total. The molecule has 0 spiro atoms. The van der Waals surface area contributed by atoms with Crippen LogP contribution in [0.2, 0.25) is 0 Å². The second-order valence-electron chi connectivity index (χ2n) is 5.91. The largest absolute Gasteiger partial charge is 0.460 e. The van der Waals surface area contributed by atoms with Crippen molar-refractivity contribution in [3.05, 3.63) is 24.3 Å². The maximum atomic E-state index is 11.6. The molecule has 0 bridgehead atoms. The zero-order valence-corrected chi connectivity index (χ0v) is 11.9. The van der Waals surface area contributed by atoms with Crippen LogP contribution in [0, 0.1) is 11.8 Å². The third-order valence-electron chi connectivity index (χ3n) is 4.19. The summed E-state index contributed by atoms with van der Waals surface area (Å²) >= 11 is 0. The summed E-state index contributed by atoms with van der Waals surface area (Å²) in [6.07, 6.45) is 9.87. The van der Waals surface area contributed by atoms with E-state index in [0.717, 1.165) is 19.3 Å². The normalized spacial score (nSPS) is 42.5. The molecule has 2 rings (SSSR count). The summed E-state index contributed by atoms with van der Waals surface area (Å²) in [7, 11) is 0. The number of fused-ring (bicyclic) bond motifs is 1. The highest BCUT2D eigenvalue weighted by Crippen LogP contribution is 2.36.